The number of benzene rings is 1. The summed E-state index contributed by atoms with van der Waals surface area (Å²) in [5.74, 6) is -2.46. The van der Waals surface area contributed by atoms with Gasteiger partial charge in [-0.05, 0) is 37.1 Å². The van der Waals surface area contributed by atoms with Crippen LogP contribution in [0.1, 0.15) is 33.6 Å². The average Bonchev–Trinajstić information content (AvgIpc) is 3.35. The number of nitrogens with zero attached hydrogens (tertiary/aromatic N) is 5. The molecule has 7 nitrogen and oxygen atoms in total. The van der Waals surface area contributed by atoms with Gasteiger partial charge in [-0.2, -0.15) is 5.10 Å². The van der Waals surface area contributed by atoms with Crippen LogP contribution in [-0.2, 0) is 6.54 Å². The van der Waals surface area contributed by atoms with E-state index in [1.165, 1.54) is 22.6 Å². The number of carbonyl (C=O) groups excluding carboxylic acids is 1. The van der Waals surface area contributed by atoms with Crippen molar-refractivity contribution in [3.05, 3.63) is 53.0 Å². The van der Waals surface area contributed by atoms with Gasteiger partial charge in [-0.1, -0.05) is 12.1 Å². The Morgan fingerprint density at radius 2 is 1.97 bits per heavy atom. The fourth-order valence-corrected chi connectivity index (χ4v) is 4.95. The summed E-state index contributed by atoms with van der Waals surface area (Å²) in [6.45, 7) is 3.99. The number of thiophene rings is 1. The highest BCUT2D eigenvalue weighted by Crippen LogP contribution is 2.36. The lowest BCUT2D eigenvalue weighted by atomic mass is 10.1. The van der Waals surface area contributed by atoms with Crippen molar-refractivity contribution in [1.82, 2.24) is 25.1 Å². The third kappa shape index (κ3) is 3.64. The van der Waals surface area contributed by atoms with E-state index in [4.69, 9.17) is 0 Å². The molecule has 0 radical (unpaired) electrons. The van der Waals surface area contributed by atoms with Crippen LogP contribution in [0.4, 0.5) is 14.6 Å². The lowest BCUT2D eigenvalue weighted by Gasteiger charge is -2.16. The molecule has 1 aliphatic rings. The smallest absolute Gasteiger partial charge is 0.267 e. The molecule has 10 heteroatoms. The molecule has 5 rings (SSSR count). The van der Waals surface area contributed by atoms with E-state index in [2.05, 4.69) is 25.5 Å². The van der Waals surface area contributed by atoms with Crippen molar-refractivity contribution in [2.45, 2.75) is 32.7 Å². The first-order valence-electron chi connectivity index (χ1n) is 10.2. The molecule has 0 aliphatic carbocycles. The van der Waals surface area contributed by atoms with Gasteiger partial charge in [0.1, 0.15) is 17.0 Å². The molecule has 3 aromatic heterocycles. The molecule has 0 saturated carbocycles. The first kappa shape index (κ1) is 20.6. The van der Waals surface area contributed by atoms with E-state index in [1.54, 1.807) is 12.1 Å². The maximum Gasteiger partial charge on any atom is 0.267 e. The number of aromatic nitrogens is 4. The lowest BCUT2D eigenvalue weighted by Crippen LogP contribution is -2.31. The van der Waals surface area contributed by atoms with E-state index in [0.717, 1.165) is 37.3 Å². The number of aryl methyl sites for hydroxylation is 2. The lowest BCUT2D eigenvalue weighted by molar-refractivity contribution is 0.0120. The van der Waals surface area contributed by atoms with Crippen molar-refractivity contribution in [2.24, 2.45) is 0 Å². The summed E-state index contributed by atoms with van der Waals surface area (Å²) in [6, 6.07) is 6.98. The van der Waals surface area contributed by atoms with Crippen molar-refractivity contribution in [3.8, 4) is 0 Å². The summed E-state index contributed by atoms with van der Waals surface area (Å²) in [7, 11) is 0. The molecule has 1 N–H and O–H groups in total. The first-order valence-corrected chi connectivity index (χ1v) is 11.0. The van der Waals surface area contributed by atoms with Crippen molar-refractivity contribution >= 4 is 43.5 Å². The molecular formula is C22H20F2N6OS. The Labute approximate surface area is 186 Å². The Balaban J connectivity index is 1.34. The van der Waals surface area contributed by atoms with Crippen LogP contribution in [0.2, 0.25) is 0 Å². The summed E-state index contributed by atoms with van der Waals surface area (Å²) in [5.41, 5.74) is 4.12. The molecule has 1 aromatic carbocycles. The van der Waals surface area contributed by atoms with E-state index < -0.39 is 12.5 Å². The minimum atomic E-state index is -2.79. The maximum absolute atomic E-state index is 13.4. The first-order chi connectivity index (χ1) is 15.3. The van der Waals surface area contributed by atoms with Gasteiger partial charge in [0.15, 0.2) is 0 Å². The second kappa shape index (κ2) is 7.70. The predicted molar refractivity (Wildman–Crippen MR) is 119 cm³/mol. The largest absolute Gasteiger partial charge is 0.365 e. The predicted octanol–water partition coefficient (Wildman–Crippen LogP) is 4.34. The Morgan fingerprint density at radius 3 is 2.69 bits per heavy atom. The Bertz CT molecular complexity index is 1340. The molecule has 1 amide bonds. The molecule has 0 spiro atoms. The van der Waals surface area contributed by atoms with Gasteiger partial charge in [0.25, 0.3) is 11.8 Å². The highest BCUT2D eigenvalue weighted by Gasteiger charge is 2.40. The van der Waals surface area contributed by atoms with E-state index in [0.29, 0.717) is 17.9 Å². The van der Waals surface area contributed by atoms with Gasteiger partial charge in [-0.15, -0.1) is 16.4 Å². The van der Waals surface area contributed by atoms with Crippen molar-refractivity contribution in [3.63, 3.8) is 0 Å². The molecular weight excluding hydrogens is 434 g/mol. The number of nitrogens with one attached hydrogen (secondary N) is 1. The van der Waals surface area contributed by atoms with Gasteiger partial charge < -0.3 is 10.2 Å². The molecule has 0 bridgehead atoms. The highest BCUT2D eigenvalue weighted by molar-refractivity contribution is 7.25. The number of likely N-dealkylation sites (tertiary alicyclic amines) is 1. The number of rotatable bonds is 4. The van der Waals surface area contributed by atoms with Crippen molar-refractivity contribution < 1.29 is 13.6 Å². The van der Waals surface area contributed by atoms with Crippen LogP contribution < -0.4 is 5.32 Å². The van der Waals surface area contributed by atoms with Gasteiger partial charge >= 0.3 is 0 Å². The van der Waals surface area contributed by atoms with Crippen molar-refractivity contribution in [2.75, 3.05) is 18.4 Å². The van der Waals surface area contributed by atoms with E-state index in [-0.39, 0.29) is 18.9 Å². The monoisotopic (exact) mass is 454 g/mol. The number of carbonyl (C=O) groups is 1. The Hall–Kier alpha value is -3.27. The van der Waals surface area contributed by atoms with E-state index >= 15 is 0 Å². The average molecular weight is 455 g/mol. The van der Waals surface area contributed by atoms with Crippen LogP contribution in [0.5, 0.6) is 0 Å². The summed E-state index contributed by atoms with van der Waals surface area (Å²) >= 11 is 1.49. The molecule has 1 aliphatic heterocycles. The molecule has 4 aromatic rings. The topological polar surface area (TPSA) is 83.9 Å². The second-order valence-corrected chi connectivity index (χ2v) is 8.97. The number of fused-ring (bicyclic) bond motifs is 3. The van der Waals surface area contributed by atoms with Gasteiger partial charge in [0, 0.05) is 30.5 Å². The number of halogens is 2. The molecule has 1 fully saturated rings. The summed E-state index contributed by atoms with van der Waals surface area (Å²) in [5, 5.41) is 12.8. The highest BCUT2D eigenvalue weighted by atomic mass is 32.1. The molecule has 0 atom stereocenters. The quantitative estimate of drug-likeness (QED) is 0.494. The number of anilines is 1. The Morgan fingerprint density at radius 1 is 1.19 bits per heavy atom. The molecule has 0 unspecified atom stereocenters. The zero-order valence-corrected chi connectivity index (χ0v) is 18.3. The minimum absolute atomic E-state index is 0.0807. The van der Waals surface area contributed by atoms with Gasteiger partial charge in [-0.25, -0.2) is 18.7 Å². The molecule has 164 valence electrons. The molecule has 1 saturated heterocycles. The fraction of sp³-hybridized carbons (Fsp3) is 0.318. The zero-order valence-electron chi connectivity index (χ0n) is 17.5. The third-order valence-electron chi connectivity index (χ3n) is 5.78. The standard InChI is InChI=1S/C22H20F2N6OS/c1-12-13(2)28-29-20-16(12)17-18(32-20)19(27-11-26-17)25-9-14-3-5-15(6-4-14)21(31)30-8-7-22(23,24)10-30/h3-6,11H,7-10H2,1-2H3,(H,25,26,27). The normalized spacial score (nSPS) is 15.6. The van der Waals surface area contributed by atoms with Crippen LogP contribution in [0.15, 0.2) is 30.6 Å². The van der Waals surface area contributed by atoms with E-state index in [9.17, 15) is 13.6 Å². The maximum atomic E-state index is 13.4. The van der Waals surface area contributed by atoms with Crippen LogP contribution >= 0.6 is 11.3 Å². The van der Waals surface area contributed by atoms with E-state index in [1.807, 2.05) is 26.0 Å². The number of alkyl halides is 2. The molecule has 4 heterocycles. The van der Waals surface area contributed by atoms with Crippen LogP contribution in [0.3, 0.4) is 0 Å². The number of hydrogen-bond acceptors (Lipinski definition) is 7. The van der Waals surface area contributed by atoms with Crippen LogP contribution in [0, 0.1) is 13.8 Å². The minimum Gasteiger partial charge on any atom is -0.365 e. The van der Waals surface area contributed by atoms with Crippen LogP contribution in [0.25, 0.3) is 20.4 Å². The molecule has 32 heavy (non-hydrogen) atoms. The van der Waals surface area contributed by atoms with Gasteiger partial charge in [-0.3, -0.25) is 4.79 Å². The Kier molecular flexibility index (Phi) is 4.96. The van der Waals surface area contributed by atoms with Crippen LogP contribution in [-0.4, -0.2) is 50.0 Å². The summed E-state index contributed by atoms with van der Waals surface area (Å²) < 4.78 is 27.7. The fourth-order valence-electron chi connectivity index (χ4n) is 3.85. The number of hydrogen-bond donors (Lipinski definition) is 1. The van der Waals surface area contributed by atoms with Gasteiger partial charge in [0.2, 0.25) is 0 Å². The number of amides is 1. The summed E-state index contributed by atoms with van der Waals surface area (Å²) in [4.78, 5) is 23.3. The zero-order chi connectivity index (χ0) is 22.5. The third-order valence-corrected chi connectivity index (χ3v) is 6.85. The van der Waals surface area contributed by atoms with Crippen molar-refractivity contribution in [1.29, 1.82) is 0 Å². The van der Waals surface area contributed by atoms with Gasteiger partial charge in [0.05, 0.1) is 22.5 Å². The summed E-state index contributed by atoms with van der Waals surface area (Å²) in [6.07, 6.45) is 1.25. The second-order valence-electron chi connectivity index (χ2n) is 7.98. The SMILES string of the molecule is Cc1nnc2sc3c(NCc4ccc(C(=O)N5CCC(F)(F)C5)cc4)ncnc3c2c1C.